The molecule has 44 valence electrons. The van der Waals surface area contributed by atoms with Gasteiger partial charge in [-0.15, -0.1) is 0 Å². The summed E-state index contributed by atoms with van der Waals surface area (Å²) in [6.07, 6.45) is 0. The van der Waals surface area contributed by atoms with Crippen molar-refractivity contribution in [2.45, 2.75) is 0 Å². The third-order valence-corrected chi connectivity index (χ3v) is 6.38. The van der Waals surface area contributed by atoms with E-state index in [0.717, 1.165) is 3.14 Å². The standard InChI is InChI=1S/C3H2S3Se2/c4-3-5-1(7)2(8)6-3/h7-8H. The second-order valence-electron chi connectivity index (χ2n) is 1.06. The first-order valence-electron chi connectivity index (χ1n) is 1.72. The third kappa shape index (κ3) is 1.64. The molecule has 0 saturated heterocycles. The molecule has 0 fully saturated rings. The molecule has 0 aliphatic carbocycles. The van der Waals surface area contributed by atoms with Gasteiger partial charge in [-0.05, 0) is 0 Å². The Morgan fingerprint density at radius 3 is 1.62 bits per heavy atom. The van der Waals surface area contributed by atoms with Gasteiger partial charge in [0.2, 0.25) is 0 Å². The predicted octanol–water partition coefficient (Wildman–Crippen LogP) is -0.409. The zero-order valence-electron chi connectivity index (χ0n) is 3.62. The predicted molar refractivity (Wildman–Crippen MR) is 46.6 cm³/mol. The van der Waals surface area contributed by atoms with Gasteiger partial charge in [0.15, 0.2) is 0 Å². The van der Waals surface area contributed by atoms with Crippen molar-refractivity contribution in [1.82, 2.24) is 0 Å². The summed E-state index contributed by atoms with van der Waals surface area (Å²) in [5.74, 6) is 0. The van der Waals surface area contributed by atoms with Crippen molar-refractivity contribution in [1.29, 1.82) is 0 Å². The minimum atomic E-state index is 1.01. The van der Waals surface area contributed by atoms with Crippen LogP contribution in [0, 0.1) is 3.14 Å². The Balaban J connectivity index is 3.35. The average Bonchev–Trinajstić information content (AvgIpc) is 1.85. The van der Waals surface area contributed by atoms with Crippen LogP contribution in [0.1, 0.15) is 0 Å². The topological polar surface area (TPSA) is 0 Å². The Bertz CT molecular complexity index is 212. The number of hydrogen-bond acceptors (Lipinski definition) is 3. The molecule has 0 saturated carbocycles. The second-order valence-corrected chi connectivity index (χ2v) is 7.48. The summed E-state index contributed by atoms with van der Waals surface area (Å²) < 4.78 is 3.55. The molecule has 0 spiro atoms. The molecule has 5 heteroatoms. The fraction of sp³-hybridized carbons (Fsp3) is 0. The van der Waals surface area contributed by atoms with E-state index in [1.807, 2.05) is 0 Å². The van der Waals surface area contributed by atoms with Gasteiger partial charge in [-0.2, -0.15) is 0 Å². The molecule has 0 atom stereocenters. The summed E-state index contributed by atoms with van der Waals surface area (Å²) in [5.41, 5.74) is 0. The Labute approximate surface area is 77.0 Å². The van der Waals surface area contributed by atoms with Crippen molar-refractivity contribution in [3.05, 3.63) is 3.14 Å². The molecule has 0 aliphatic heterocycles. The summed E-state index contributed by atoms with van der Waals surface area (Å²) in [6, 6.07) is 0. The molecule has 0 N–H and O–H groups in total. The maximum atomic E-state index is 4.94. The van der Waals surface area contributed by atoms with Gasteiger partial charge in [0.25, 0.3) is 0 Å². The van der Waals surface area contributed by atoms with Crippen molar-refractivity contribution in [2.75, 3.05) is 0 Å². The summed E-state index contributed by atoms with van der Waals surface area (Å²) in [4.78, 5) is 0. The van der Waals surface area contributed by atoms with Crippen molar-refractivity contribution < 1.29 is 0 Å². The molecule has 0 radical (unpaired) electrons. The van der Waals surface area contributed by atoms with Crippen LogP contribution in [0.15, 0.2) is 0 Å². The number of rotatable bonds is 0. The molecule has 0 aromatic carbocycles. The van der Waals surface area contributed by atoms with E-state index >= 15 is 0 Å². The normalized spacial score (nSPS) is 9.75. The Kier molecular flexibility index (Phi) is 2.72. The van der Waals surface area contributed by atoms with Crippen LogP contribution < -0.4 is 7.55 Å². The average molecular weight is 292 g/mol. The summed E-state index contributed by atoms with van der Waals surface area (Å²) in [5, 5.41) is 0. The van der Waals surface area contributed by atoms with E-state index in [1.165, 1.54) is 7.55 Å². The zero-order valence-corrected chi connectivity index (χ0v) is 9.82. The Morgan fingerprint density at radius 2 is 1.50 bits per heavy atom. The molecule has 1 aromatic heterocycles. The number of hydrogen-bond donors (Lipinski definition) is 0. The molecule has 0 bridgehead atoms. The van der Waals surface area contributed by atoms with E-state index < -0.39 is 0 Å². The SMILES string of the molecule is S=c1sc([SeH])c([SeH])s1. The van der Waals surface area contributed by atoms with Gasteiger partial charge < -0.3 is 0 Å². The first-order valence-corrected chi connectivity index (χ1v) is 5.64. The molecule has 1 aromatic rings. The van der Waals surface area contributed by atoms with E-state index in [4.69, 9.17) is 12.2 Å². The van der Waals surface area contributed by atoms with Gasteiger partial charge in [0.05, 0.1) is 0 Å². The van der Waals surface area contributed by atoms with Crippen LogP contribution in [0.2, 0.25) is 0 Å². The van der Waals surface area contributed by atoms with E-state index in [0.29, 0.717) is 0 Å². The molecule has 0 nitrogen and oxygen atoms in total. The molecule has 8 heavy (non-hydrogen) atoms. The third-order valence-electron chi connectivity index (χ3n) is 0.543. The van der Waals surface area contributed by atoms with Crippen molar-refractivity contribution in [2.24, 2.45) is 0 Å². The van der Waals surface area contributed by atoms with E-state index in [9.17, 15) is 0 Å². The van der Waals surface area contributed by atoms with E-state index in [1.54, 1.807) is 22.7 Å². The van der Waals surface area contributed by atoms with Crippen LogP contribution in [0.4, 0.5) is 0 Å². The molecule has 0 unspecified atom stereocenters. The monoisotopic (exact) mass is 294 g/mol. The first kappa shape index (κ1) is 7.42. The molecular formula is C3H2S3Se2. The van der Waals surface area contributed by atoms with Crippen molar-refractivity contribution in [3.63, 3.8) is 0 Å². The van der Waals surface area contributed by atoms with Gasteiger partial charge in [0, 0.05) is 0 Å². The minimum absolute atomic E-state index is 1.01. The van der Waals surface area contributed by atoms with Gasteiger partial charge in [-0.25, -0.2) is 0 Å². The fourth-order valence-corrected chi connectivity index (χ4v) is 5.51. The fourth-order valence-electron chi connectivity index (χ4n) is 0.266. The Hall–Kier alpha value is 1.31. The van der Waals surface area contributed by atoms with Gasteiger partial charge in [-0.1, -0.05) is 0 Å². The summed E-state index contributed by atoms with van der Waals surface area (Å²) in [6.45, 7) is 0. The zero-order chi connectivity index (χ0) is 6.15. The van der Waals surface area contributed by atoms with Gasteiger partial charge in [0.1, 0.15) is 0 Å². The van der Waals surface area contributed by atoms with Gasteiger partial charge in [-0.3, -0.25) is 0 Å². The van der Waals surface area contributed by atoms with Crippen LogP contribution in [0.25, 0.3) is 0 Å². The Morgan fingerprint density at radius 1 is 1.12 bits per heavy atom. The van der Waals surface area contributed by atoms with Crippen LogP contribution in [0.5, 0.6) is 0 Å². The van der Waals surface area contributed by atoms with Gasteiger partial charge >= 0.3 is 77.6 Å². The molecule has 1 rings (SSSR count). The summed E-state index contributed by atoms with van der Waals surface area (Å²) in [7, 11) is 0. The molecule has 1 heterocycles. The second kappa shape index (κ2) is 2.93. The summed E-state index contributed by atoms with van der Waals surface area (Å²) >= 11 is 13.3. The molecular weight excluding hydrogens is 290 g/mol. The van der Waals surface area contributed by atoms with E-state index in [2.05, 4.69) is 32.0 Å². The van der Waals surface area contributed by atoms with Crippen molar-refractivity contribution >= 4 is 74.5 Å². The van der Waals surface area contributed by atoms with Crippen molar-refractivity contribution in [3.8, 4) is 0 Å². The maximum absolute atomic E-state index is 4.94. The van der Waals surface area contributed by atoms with E-state index in [-0.39, 0.29) is 0 Å². The van der Waals surface area contributed by atoms with Crippen LogP contribution >= 0.6 is 34.9 Å². The van der Waals surface area contributed by atoms with Crippen LogP contribution in [-0.4, -0.2) is 32.0 Å². The first-order chi connectivity index (χ1) is 3.70. The molecule has 0 amide bonds. The quantitative estimate of drug-likeness (QED) is 0.463. The van der Waals surface area contributed by atoms with Crippen LogP contribution in [0.3, 0.4) is 0 Å². The van der Waals surface area contributed by atoms with Crippen LogP contribution in [-0.2, 0) is 0 Å². The molecule has 0 aliphatic rings.